The van der Waals surface area contributed by atoms with Gasteiger partial charge in [-0.3, -0.25) is 9.80 Å². The van der Waals surface area contributed by atoms with Crippen molar-refractivity contribution in [3.8, 4) is 0 Å². The molecule has 2 saturated heterocycles. The third-order valence-electron chi connectivity index (χ3n) is 5.19. The lowest BCUT2D eigenvalue weighted by atomic mass is 10.0. The van der Waals surface area contributed by atoms with E-state index in [1.54, 1.807) is 0 Å². The molecule has 3 aliphatic heterocycles. The average molecular weight is 271 g/mol. The molecule has 20 heavy (non-hydrogen) atoms. The number of nitrogens with one attached hydrogen (secondary N) is 1. The monoisotopic (exact) mass is 271 g/mol. The minimum atomic E-state index is 0.836. The number of anilines is 1. The zero-order valence-corrected chi connectivity index (χ0v) is 12.3. The zero-order valence-electron chi connectivity index (χ0n) is 12.3. The molecule has 0 amide bonds. The fraction of sp³-hybridized carbons (Fsp3) is 0.647. The minimum absolute atomic E-state index is 0.836. The first-order valence-corrected chi connectivity index (χ1v) is 8.20. The van der Waals surface area contributed by atoms with Gasteiger partial charge in [0.2, 0.25) is 0 Å². The maximum Gasteiger partial charge on any atom is 0.0372 e. The van der Waals surface area contributed by atoms with Gasteiger partial charge >= 0.3 is 0 Å². The summed E-state index contributed by atoms with van der Waals surface area (Å²) in [5.41, 5.74) is 4.38. The van der Waals surface area contributed by atoms with Crippen molar-refractivity contribution in [1.82, 2.24) is 9.80 Å². The Morgan fingerprint density at radius 3 is 3.15 bits per heavy atom. The third kappa shape index (κ3) is 2.45. The van der Waals surface area contributed by atoms with Gasteiger partial charge in [-0.05, 0) is 49.4 Å². The van der Waals surface area contributed by atoms with Gasteiger partial charge in [-0.15, -0.1) is 0 Å². The Morgan fingerprint density at radius 1 is 1.15 bits per heavy atom. The largest absolute Gasteiger partial charge is 0.385 e. The summed E-state index contributed by atoms with van der Waals surface area (Å²) < 4.78 is 0. The molecule has 0 radical (unpaired) electrons. The molecular formula is C17H25N3. The Kier molecular flexibility index (Phi) is 3.41. The van der Waals surface area contributed by atoms with Crippen LogP contribution in [0.25, 0.3) is 0 Å². The molecular weight excluding hydrogens is 246 g/mol. The van der Waals surface area contributed by atoms with Crippen LogP contribution in [0.4, 0.5) is 5.69 Å². The van der Waals surface area contributed by atoms with E-state index in [4.69, 9.17) is 0 Å². The minimum Gasteiger partial charge on any atom is -0.385 e. The van der Waals surface area contributed by atoms with Crippen LogP contribution in [-0.4, -0.2) is 48.6 Å². The standard InChI is InChI=1S/C17H25N3/c1-3-15-11-14(5-6-17(15)18-7-1)12-19-9-10-20-8-2-4-16(20)13-19/h5-6,11,16,18H,1-4,7-10,12-13H2. The van der Waals surface area contributed by atoms with Crippen LogP contribution in [-0.2, 0) is 13.0 Å². The van der Waals surface area contributed by atoms with Gasteiger partial charge < -0.3 is 5.32 Å². The molecule has 1 aromatic rings. The van der Waals surface area contributed by atoms with Gasteiger partial charge in [-0.25, -0.2) is 0 Å². The molecule has 0 aromatic heterocycles. The van der Waals surface area contributed by atoms with E-state index in [1.807, 2.05) is 0 Å². The molecule has 0 spiro atoms. The molecule has 3 heterocycles. The van der Waals surface area contributed by atoms with Crippen molar-refractivity contribution < 1.29 is 0 Å². The van der Waals surface area contributed by atoms with Crippen LogP contribution < -0.4 is 5.32 Å². The Hall–Kier alpha value is -1.06. The first-order valence-electron chi connectivity index (χ1n) is 8.20. The van der Waals surface area contributed by atoms with E-state index in [0.717, 1.165) is 19.1 Å². The molecule has 0 saturated carbocycles. The summed E-state index contributed by atoms with van der Waals surface area (Å²) in [6.45, 7) is 7.40. The maximum absolute atomic E-state index is 3.50. The van der Waals surface area contributed by atoms with E-state index in [-0.39, 0.29) is 0 Å². The van der Waals surface area contributed by atoms with Gasteiger partial charge in [-0.1, -0.05) is 12.1 Å². The Balaban J connectivity index is 1.43. The van der Waals surface area contributed by atoms with Crippen molar-refractivity contribution in [2.75, 3.05) is 38.0 Å². The first-order chi connectivity index (χ1) is 9.88. The van der Waals surface area contributed by atoms with E-state index in [2.05, 4.69) is 33.3 Å². The predicted molar refractivity (Wildman–Crippen MR) is 83.1 cm³/mol. The lowest BCUT2D eigenvalue weighted by Gasteiger charge is -2.37. The van der Waals surface area contributed by atoms with E-state index in [9.17, 15) is 0 Å². The number of nitrogens with zero attached hydrogens (tertiary/aromatic N) is 2. The lowest BCUT2D eigenvalue weighted by molar-refractivity contribution is 0.0994. The Labute approximate surface area is 121 Å². The number of hydrogen-bond acceptors (Lipinski definition) is 3. The van der Waals surface area contributed by atoms with Gasteiger partial charge in [-0.2, -0.15) is 0 Å². The van der Waals surface area contributed by atoms with Crippen molar-refractivity contribution in [3.63, 3.8) is 0 Å². The van der Waals surface area contributed by atoms with Crippen LogP contribution in [0.15, 0.2) is 18.2 Å². The van der Waals surface area contributed by atoms with Gasteiger partial charge in [0.25, 0.3) is 0 Å². The van der Waals surface area contributed by atoms with E-state index in [1.165, 1.54) is 68.7 Å². The fourth-order valence-corrected chi connectivity index (χ4v) is 4.08. The second-order valence-electron chi connectivity index (χ2n) is 6.59. The summed E-state index contributed by atoms with van der Waals surface area (Å²) in [4.78, 5) is 5.34. The first kappa shape index (κ1) is 12.7. The number of piperazine rings is 1. The highest BCUT2D eigenvalue weighted by Crippen LogP contribution is 2.25. The summed E-state index contributed by atoms with van der Waals surface area (Å²) in [5, 5.41) is 3.50. The predicted octanol–water partition coefficient (Wildman–Crippen LogP) is 2.32. The number of hydrogen-bond donors (Lipinski definition) is 1. The molecule has 108 valence electrons. The zero-order chi connectivity index (χ0) is 13.4. The Bertz CT molecular complexity index is 485. The molecule has 1 atom stereocenters. The number of benzene rings is 1. The normalized spacial score (nSPS) is 26.9. The van der Waals surface area contributed by atoms with E-state index < -0.39 is 0 Å². The molecule has 0 aliphatic carbocycles. The summed E-state index contributed by atoms with van der Waals surface area (Å²) in [5.74, 6) is 0. The Morgan fingerprint density at radius 2 is 2.15 bits per heavy atom. The quantitative estimate of drug-likeness (QED) is 0.890. The number of fused-ring (bicyclic) bond motifs is 2. The van der Waals surface area contributed by atoms with Gasteiger partial charge in [0.1, 0.15) is 0 Å². The van der Waals surface area contributed by atoms with Crippen molar-refractivity contribution in [3.05, 3.63) is 29.3 Å². The molecule has 4 rings (SSSR count). The fourth-order valence-electron chi connectivity index (χ4n) is 4.08. The third-order valence-corrected chi connectivity index (χ3v) is 5.19. The van der Waals surface area contributed by atoms with Crippen LogP contribution in [0.5, 0.6) is 0 Å². The second-order valence-corrected chi connectivity index (χ2v) is 6.59. The van der Waals surface area contributed by atoms with Gasteiger partial charge in [0.15, 0.2) is 0 Å². The summed E-state index contributed by atoms with van der Waals surface area (Å²) >= 11 is 0. The van der Waals surface area contributed by atoms with Crippen molar-refractivity contribution in [2.24, 2.45) is 0 Å². The molecule has 1 aromatic carbocycles. The molecule has 3 heteroatoms. The van der Waals surface area contributed by atoms with Crippen LogP contribution >= 0.6 is 0 Å². The van der Waals surface area contributed by atoms with E-state index >= 15 is 0 Å². The summed E-state index contributed by atoms with van der Waals surface area (Å²) in [6.07, 6.45) is 5.33. The molecule has 0 bridgehead atoms. The van der Waals surface area contributed by atoms with Crippen LogP contribution in [0.2, 0.25) is 0 Å². The molecule has 3 aliphatic rings. The summed E-state index contributed by atoms with van der Waals surface area (Å²) in [6, 6.07) is 7.87. The molecule has 1 N–H and O–H groups in total. The average Bonchev–Trinajstić information content (AvgIpc) is 2.95. The number of rotatable bonds is 2. The highest BCUT2D eigenvalue weighted by Gasteiger charge is 2.30. The van der Waals surface area contributed by atoms with Crippen LogP contribution in [0, 0.1) is 0 Å². The van der Waals surface area contributed by atoms with Crippen molar-refractivity contribution in [2.45, 2.75) is 38.3 Å². The SMILES string of the molecule is c1cc2c(cc1CN1CCN3CCCC3C1)CCCN2. The van der Waals surface area contributed by atoms with Crippen molar-refractivity contribution >= 4 is 5.69 Å². The van der Waals surface area contributed by atoms with Crippen LogP contribution in [0.3, 0.4) is 0 Å². The van der Waals surface area contributed by atoms with Gasteiger partial charge in [0.05, 0.1) is 0 Å². The highest BCUT2D eigenvalue weighted by atomic mass is 15.3. The van der Waals surface area contributed by atoms with Crippen molar-refractivity contribution in [1.29, 1.82) is 0 Å². The van der Waals surface area contributed by atoms with E-state index in [0.29, 0.717) is 0 Å². The molecule has 3 nitrogen and oxygen atoms in total. The van der Waals surface area contributed by atoms with Crippen LogP contribution in [0.1, 0.15) is 30.4 Å². The summed E-state index contributed by atoms with van der Waals surface area (Å²) in [7, 11) is 0. The molecule has 2 fully saturated rings. The van der Waals surface area contributed by atoms with Gasteiger partial charge in [0, 0.05) is 44.5 Å². The number of aryl methyl sites for hydroxylation is 1. The second kappa shape index (κ2) is 5.38. The topological polar surface area (TPSA) is 18.5 Å². The smallest absolute Gasteiger partial charge is 0.0372 e. The maximum atomic E-state index is 3.50. The lowest BCUT2D eigenvalue weighted by Crippen LogP contribution is -2.49. The molecule has 1 unspecified atom stereocenters. The highest BCUT2D eigenvalue weighted by molar-refractivity contribution is 5.54.